The first-order valence-corrected chi connectivity index (χ1v) is 9.90. The number of thiazole rings is 1. The molecule has 1 aromatic carbocycles. The van der Waals surface area contributed by atoms with Crippen LogP contribution >= 0.6 is 11.3 Å². The highest BCUT2D eigenvalue weighted by Gasteiger charge is 2.28. The van der Waals surface area contributed by atoms with Crippen LogP contribution in [0.3, 0.4) is 0 Å². The van der Waals surface area contributed by atoms with Gasteiger partial charge in [-0.3, -0.25) is 0 Å². The van der Waals surface area contributed by atoms with Gasteiger partial charge in [-0.15, -0.1) is 11.3 Å². The van der Waals surface area contributed by atoms with E-state index in [0.29, 0.717) is 13.1 Å². The summed E-state index contributed by atoms with van der Waals surface area (Å²) in [6.45, 7) is 8.41. The standard InChI is InChI=1S/C19H23N5O2S/c1-19(2,3)26-18(25)24-10-8-23(9-11-24)17-15(20-12-27-17)16-21-13-6-4-5-7-14(13)22-16/h4-7,12H,8-11H2,1-3H3,(H,21,22). The smallest absolute Gasteiger partial charge is 0.410 e. The van der Waals surface area contributed by atoms with Crippen molar-refractivity contribution in [2.45, 2.75) is 26.4 Å². The zero-order chi connectivity index (χ0) is 19.0. The summed E-state index contributed by atoms with van der Waals surface area (Å²) in [5, 5.41) is 1.08. The van der Waals surface area contributed by atoms with Crippen LogP contribution in [0.1, 0.15) is 20.8 Å². The summed E-state index contributed by atoms with van der Waals surface area (Å²) < 4.78 is 5.47. The van der Waals surface area contributed by atoms with Crippen LogP contribution in [-0.2, 0) is 4.74 Å². The number of nitrogens with one attached hydrogen (secondary N) is 1. The molecule has 0 bridgehead atoms. The van der Waals surface area contributed by atoms with E-state index >= 15 is 0 Å². The number of hydrogen-bond donors (Lipinski definition) is 1. The van der Waals surface area contributed by atoms with Crippen LogP contribution in [0.25, 0.3) is 22.6 Å². The number of amides is 1. The van der Waals surface area contributed by atoms with Gasteiger partial charge in [0.25, 0.3) is 0 Å². The molecule has 0 unspecified atom stereocenters. The number of imidazole rings is 1. The molecular formula is C19H23N5O2S. The Labute approximate surface area is 162 Å². The van der Waals surface area contributed by atoms with Crippen molar-refractivity contribution in [1.82, 2.24) is 19.9 Å². The minimum Gasteiger partial charge on any atom is -0.444 e. The van der Waals surface area contributed by atoms with Crippen LogP contribution in [-0.4, -0.2) is 57.7 Å². The molecule has 0 aliphatic carbocycles. The highest BCUT2D eigenvalue weighted by atomic mass is 32.1. The lowest BCUT2D eigenvalue weighted by atomic mass is 10.2. The van der Waals surface area contributed by atoms with Gasteiger partial charge in [-0.25, -0.2) is 14.8 Å². The normalized spacial score (nSPS) is 15.4. The minimum absolute atomic E-state index is 0.246. The lowest BCUT2D eigenvalue weighted by molar-refractivity contribution is 0.0241. The predicted octanol–water partition coefficient (Wildman–Crippen LogP) is 3.74. The van der Waals surface area contributed by atoms with Crippen molar-refractivity contribution >= 4 is 33.5 Å². The van der Waals surface area contributed by atoms with Crippen LogP contribution in [0.4, 0.5) is 9.80 Å². The number of aromatic amines is 1. The van der Waals surface area contributed by atoms with Crippen molar-refractivity contribution in [1.29, 1.82) is 0 Å². The molecule has 27 heavy (non-hydrogen) atoms. The molecule has 1 fully saturated rings. The summed E-state index contributed by atoms with van der Waals surface area (Å²) >= 11 is 1.60. The van der Waals surface area contributed by atoms with Crippen molar-refractivity contribution in [2.75, 3.05) is 31.1 Å². The second-order valence-electron chi connectivity index (χ2n) is 7.56. The second-order valence-corrected chi connectivity index (χ2v) is 8.40. The van der Waals surface area contributed by atoms with Gasteiger partial charge >= 0.3 is 6.09 Å². The van der Waals surface area contributed by atoms with Gasteiger partial charge in [-0.2, -0.15) is 0 Å². The summed E-state index contributed by atoms with van der Waals surface area (Å²) in [5.41, 5.74) is 4.17. The molecule has 1 N–H and O–H groups in total. The third-order valence-electron chi connectivity index (χ3n) is 4.38. The highest BCUT2D eigenvalue weighted by Crippen LogP contribution is 2.33. The van der Waals surface area contributed by atoms with E-state index in [1.165, 1.54) is 0 Å². The number of fused-ring (bicyclic) bond motifs is 1. The molecule has 0 atom stereocenters. The molecular weight excluding hydrogens is 362 g/mol. The van der Waals surface area contributed by atoms with Gasteiger partial charge in [0.05, 0.1) is 16.5 Å². The zero-order valence-corrected chi connectivity index (χ0v) is 16.5. The summed E-state index contributed by atoms with van der Waals surface area (Å²) in [5.74, 6) is 0.780. The van der Waals surface area contributed by atoms with Crippen molar-refractivity contribution < 1.29 is 9.53 Å². The molecule has 1 aliphatic heterocycles. The van der Waals surface area contributed by atoms with Gasteiger partial charge in [0, 0.05) is 26.2 Å². The maximum Gasteiger partial charge on any atom is 0.410 e. The average Bonchev–Trinajstić information content (AvgIpc) is 3.27. The molecule has 7 nitrogen and oxygen atoms in total. The van der Waals surface area contributed by atoms with E-state index in [9.17, 15) is 4.79 Å². The summed E-state index contributed by atoms with van der Waals surface area (Å²) in [4.78, 5) is 28.8. The lowest BCUT2D eigenvalue weighted by Crippen LogP contribution is -2.50. The zero-order valence-electron chi connectivity index (χ0n) is 15.7. The fourth-order valence-electron chi connectivity index (χ4n) is 3.11. The number of carbonyl (C=O) groups is 1. The van der Waals surface area contributed by atoms with Crippen molar-refractivity contribution in [2.24, 2.45) is 0 Å². The fraction of sp³-hybridized carbons (Fsp3) is 0.421. The Morgan fingerprint density at radius 3 is 2.63 bits per heavy atom. The summed E-state index contributed by atoms with van der Waals surface area (Å²) in [7, 11) is 0. The maximum absolute atomic E-state index is 12.3. The Balaban J connectivity index is 1.48. The molecule has 1 saturated heterocycles. The van der Waals surface area contributed by atoms with Crippen molar-refractivity contribution in [3.8, 4) is 11.5 Å². The van der Waals surface area contributed by atoms with Crippen LogP contribution in [0.5, 0.6) is 0 Å². The Morgan fingerprint density at radius 1 is 1.19 bits per heavy atom. The molecule has 3 aromatic rings. The monoisotopic (exact) mass is 385 g/mol. The van der Waals surface area contributed by atoms with Crippen molar-refractivity contribution in [3.05, 3.63) is 29.8 Å². The van der Waals surface area contributed by atoms with Gasteiger partial charge in [-0.1, -0.05) is 12.1 Å². The molecule has 0 saturated carbocycles. The Morgan fingerprint density at radius 2 is 1.93 bits per heavy atom. The molecule has 142 valence electrons. The van der Waals surface area contributed by atoms with Crippen LogP contribution in [0.15, 0.2) is 29.8 Å². The largest absolute Gasteiger partial charge is 0.444 e. The lowest BCUT2D eigenvalue weighted by Gasteiger charge is -2.36. The SMILES string of the molecule is CC(C)(C)OC(=O)N1CCN(c2scnc2-c2nc3ccccc3[nH]2)CC1. The minimum atomic E-state index is -0.472. The number of anilines is 1. The second kappa shape index (κ2) is 6.84. The molecule has 1 aliphatic rings. The third-order valence-corrected chi connectivity index (χ3v) is 5.27. The van der Waals surface area contributed by atoms with Gasteiger partial charge in [-0.05, 0) is 32.9 Å². The number of rotatable bonds is 2. The number of aromatic nitrogens is 3. The van der Waals surface area contributed by atoms with E-state index in [0.717, 1.165) is 40.6 Å². The Bertz CT molecular complexity index is 917. The Kier molecular flexibility index (Phi) is 4.51. The highest BCUT2D eigenvalue weighted by molar-refractivity contribution is 7.14. The van der Waals surface area contributed by atoms with Gasteiger partial charge in [0.1, 0.15) is 16.3 Å². The number of nitrogens with zero attached hydrogens (tertiary/aromatic N) is 4. The average molecular weight is 385 g/mol. The van der Waals surface area contributed by atoms with Gasteiger partial charge in [0.15, 0.2) is 5.82 Å². The number of carbonyl (C=O) groups excluding carboxylic acids is 1. The Hall–Kier alpha value is -2.61. The van der Waals surface area contributed by atoms with Gasteiger partial charge < -0.3 is 19.5 Å². The predicted molar refractivity (Wildman–Crippen MR) is 107 cm³/mol. The number of para-hydroxylation sites is 2. The number of ether oxygens (including phenoxy) is 1. The number of piperazine rings is 1. The maximum atomic E-state index is 12.3. The quantitative estimate of drug-likeness (QED) is 0.727. The van der Waals surface area contributed by atoms with Crippen LogP contribution in [0.2, 0.25) is 0 Å². The summed E-state index contributed by atoms with van der Waals surface area (Å²) in [6.07, 6.45) is -0.246. The van der Waals surface area contributed by atoms with E-state index in [2.05, 4.69) is 19.9 Å². The van der Waals surface area contributed by atoms with E-state index in [1.54, 1.807) is 16.2 Å². The molecule has 4 rings (SSSR count). The molecule has 2 aromatic heterocycles. The van der Waals surface area contributed by atoms with Crippen LogP contribution < -0.4 is 4.90 Å². The number of H-pyrrole nitrogens is 1. The van der Waals surface area contributed by atoms with E-state index in [4.69, 9.17) is 4.74 Å². The number of benzene rings is 1. The number of hydrogen-bond acceptors (Lipinski definition) is 6. The molecule has 3 heterocycles. The molecule has 0 radical (unpaired) electrons. The molecule has 0 spiro atoms. The van der Waals surface area contributed by atoms with Gasteiger partial charge in [0.2, 0.25) is 0 Å². The van der Waals surface area contributed by atoms with Crippen molar-refractivity contribution in [3.63, 3.8) is 0 Å². The first-order valence-electron chi connectivity index (χ1n) is 9.02. The molecule has 8 heteroatoms. The van der Waals surface area contributed by atoms with E-state index in [-0.39, 0.29) is 6.09 Å². The van der Waals surface area contributed by atoms with E-state index < -0.39 is 5.60 Å². The first-order chi connectivity index (χ1) is 12.9. The van der Waals surface area contributed by atoms with Crippen LogP contribution in [0, 0.1) is 0 Å². The third kappa shape index (κ3) is 3.75. The summed E-state index contributed by atoms with van der Waals surface area (Å²) in [6, 6.07) is 7.96. The first kappa shape index (κ1) is 17.8. The molecule has 1 amide bonds. The topological polar surface area (TPSA) is 74.3 Å². The fourth-order valence-corrected chi connectivity index (χ4v) is 3.96. The van der Waals surface area contributed by atoms with E-state index in [1.807, 2.05) is 50.5 Å².